The molecule has 1 aliphatic carbocycles. The molecule has 0 nitrogen and oxygen atoms in total. The van der Waals surface area contributed by atoms with Crippen molar-refractivity contribution >= 4 is 6.08 Å². The zero-order valence-electron chi connectivity index (χ0n) is 15.4. The number of hydrogen-bond acceptors (Lipinski definition) is 0. The van der Waals surface area contributed by atoms with Gasteiger partial charge in [0, 0.05) is 0 Å². The molecular formula is C24H30. The normalized spacial score (nSPS) is 13.2. The topological polar surface area (TPSA) is 0 Å². The highest BCUT2D eigenvalue weighted by molar-refractivity contribution is 5.81. The number of hydrogen-bond donors (Lipinski definition) is 0. The Hall–Kier alpha value is -1.82. The molecule has 1 aliphatic rings. The van der Waals surface area contributed by atoms with E-state index in [1.807, 2.05) is 0 Å². The van der Waals surface area contributed by atoms with E-state index in [9.17, 15) is 0 Å². The van der Waals surface area contributed by atoms with Gasteiger partial charge in [0.1, 0.15) is 0 Å². The highest BCUT2D eigenvalue weighted by Gasteiger charge is 2.18. The van der Waals surface area contributed by atoms with Crippen LogP contribution in [0.4, 0.5) is 0 Å². The number of unbranched alkanes of at least 4 members (excludes halogenated alkanes) is 3. The molecule has 0 heterocycles. The van der Waals surface area contributed by atoms with Crippen LogP contribution in [0.2, 0.25) is 0 Å². The lowest BCUT2D eigenvalue weighted by Gasteiger charge is -2.14. The highest BCUT2D eigenvalue weighted by Crippen LogP contribution is 2.38. The van der Waals surface area contributed by atoms with Gasteiger partial charge in [0.2, 0.25) is 0 Å². The molecule has 3 rings (SSSR count). The van der Waals surface area contributed by atoms with Crippen molar-refractivity contribution in [2.75, 3.05) is 0 Å². The van der Waals surface area contributed by atoms with Gasteiger partial charge in [0.25, 0.3) is 0 Å². The van der Waals surface area contributed by atoms with Crippen molar-refractivity contribution in [3.63, 3.8) is 0 Å². The quantitative estimate of drug-likeness (QED) is 0.467. The van der Waals surface area contributed by atoms with Gasteiger partial charge in [-0.1, -0.05) is 94.1 Å². The van der Waals surface area contributed by atoms with Crippen molar-refractivity contribution in [2.24, 2.45) is 0 Å². The molecule has 0 atom stereocenters. The summed E-state index contributed by atoms with van der Waals surface area (Å²) in [6.07, 6.45) is 10.3. The molecule has 0 N–H and O–H groups in total. The minimum Gasteiger partial charge on any atom is -0.0654 e. The summed E-state index contributed by atoms with van der Waals surface area (Å²) in [5.41, 5.74) is 8.86. The second-order valence-corrected chi connectivity index (χ2v) is 7.45. The molecule has 2 aromatic carbocycles. The van der Waals surface area contributed by atoms with Crippen molar-refractivity contribution in [3.05, 3.63) is 64.7 Å². The van der Waals surface area contributed by atoms with E-state index in [2.05, 4.69) is 69.3 Å². The standard InChI is InChI=1S/C24H30/c1-4-5-6-8-11-19-14-22-16-21(18(2)3)17-24(23(22)15-19)20-12-9-7-10-13-20/h7,9-10,12-13,15-18H,4-6,8,11,14H2,1-3H3. The van der Waals surface area contributed by atoms with Crippen molar-refractivity contribution in [1.82, 2.24) is 0 Å². The summed E-state index contributed by atoms with van der Waals surface area (Å²) in [5.74, 6) is 0.575. The van der Waals surface area contributed by atoms with Crippen LogP contribution in [0.1, 0.15) is 75.5 Å². The first kappa shape index (κ1) is 17.0. The van der Waals surface area contributed by atoms with Gasteiger partial charge in [-0.2, -0.15) is 0 Å². The van der Waals surface area contributed by atoms with Gasteiger partial charge in [-0.15, -0.1) is 0 Å². The van der Waals surface area contributed by atoms with E-state index in [1.54, 1.807) is 5.57 Å². The van der Waals surface area contributed by atoms with Crippen LogP contribution < -0.4 is 0 Å². The highest BCUT2D eigenvalue weighted by atomic mass is 14.2. The van der Waals surface area contributed by atoms with Crippen LogP contribution in [0.15, 0.2) is 48.0 Å². The first-order chi connectivity index (χ1) is 11.7. The second kappa shape index (κ2) is 7.83. The Balaban J connectivity index is 1.90. The number of fused-ring (bicyclic) bond motifs is 1. The summed E-state index contributed by atoms with van der Waals surface area (Å²) in [6.45, 7) is 6.87. The van der Waals surface area contributed by atoms with Crippen molar-refractivity contribution in [2.45, 2.75) is 65.2 Å². The molecule has 0 fully saturated rings. The zero-order valence-corrected chi connectivity index (χ0v) is 15.4. The monoisotopic (exact) mass is 318 g/mol. The summed E-state index contributed by atoms with van der Waals surface area (Å²) < 4.78 is 0. The molecule has 0 amide bonds. The first-order valence-corrected chi connectivity index (χ1v) is 9.60. The molecule has 0 unspecified atom stereocenters. The van der Waals surface area contributed by atoms with E-state index in [4.69, 9.17) is 0 Å². The van der Waals surface area contributed by atoms with Crippen LogP contribution in [0.3, 0.4) is 0 Å². The Labute approximate surface area is 147 Å². The fourth-order valence-electron chi connectivity index (χ4n) is 3.68. The molecule has 0 spiro atoms. The SMILES string of the molecule is CCCCCCC1=Cc2c(cc(C(C)C)cc2-c2ccccc2)C1. The van der Waals surface area contributed by atoms with Gasteiger partial charge in [-0.05, 0) is 53.0 Å². The van der Waals surface area contributed by atoms with Gasteiger partial charge in [-0.3, -0.25) is 0 Å². The maximum atomic E-state index is 2.48. The zero-order chi connectivity index (χ0) is 16.9. The lowest BCUT2D eigenvalue weighted by molar-refractivity contribution is 0.662. The third kappa shape index (κ3) is 3.80. The number of allylic oxidation sites excluding steroid dienone is 1. The third-order valence-corrected chi connectivity index (χ3v) is 5.16. The van der Waals surface area contributed by atoms with Crippen LogP contribution in [0, 0.1) is 0 Å². The van der Waals surface area contributed by atoms with Gasteiger partial charge in [-0.25, -0.2) is 0 Å². The van der Waals surface area contributed by atoms with Crippen molar-refractivity contribution < 1.29 is 0 Å². The molecule has 0 saturated heterocycles. The van der Waals surface area contributed by atoms with E-state index in [0.29, 0.717) is 5.92 Å². The molecule has 126 valence electrons. The second-order valence-electron chi connectivity index (χ2n) is 7.45. The van der Waals surface area contributed by atoms with Crippen molar-refractivity contribution in [3.8, 4) is 11.1 Å². The molecule has 24 heavy (non-hydrogen) atoms. The molecule has 0 saturated carbocycles. The smallest absolute Gasteiger partial charge is 0.00575 e. The average molecular weight is 319 g/mol. The minimum absolute atomic E-state index is 0.575. The van der Waals surface area contributed by atoms with E-state index >= 15 is 0 Å². The number of benzene rings is 2. The van der Waals surface area contributed by atoms with Crippen LogP contribution in [0.5, 0.6) is 0 Å². The predicted octanol–water partition coefficient (Wildman–Crippen LogP) is 7.39. The molecule has 0 bridgehead atoms. The summed E-state index contributed by atoms with van der Waals surface area (Å²) in [4.78, 5) is 0. The Morgan fingerprint density at radius 1 is 0.958 bits per heavy atom. The Morgan fingerprint density at radius 3 is 2.46 bits per heavy atom. The maximum Gasteiger partial charge on any atom is -0.00575 e. The van der Waals surface area contributed by atoms with Crippen molar-refractivity contribution in [1.29, 1.82) is 0 Å². The Morgan fingerprint density at radius 2 is 1.75 bits per heavy atom. The van der Waals surface area contributed by atoms with Crippen LogP contribution in [-0.2, 0) is 6.42 Å². The predicted molar refractivity (Wildman–Crippen MR) is 106 cm³/mol. The van der Waals surface area contributed by atoms with E-state index in [1.165, 1.54) is 59.9 Å². The summed E-state index contributed by atoms with van der Waals surface area (Å²) in [5, 5.41) is 0. The van der Waals surface area contributed by atoms with Gasteiger partial charge in [0.05, 0.1) is 0 Å². The van der Waals surface area contributed by atoms with Crippen LogP contribution >= 0.6 is 0 Å². The largest absolute Gasteiger partial charge is 0.0654 e. The fourth-order valence-corrected chi connectivity index (χ4v) is 3.68. The van der Waals surface area contributed by atoms with Gasteiger partial charge >= 0.3 is 0 Å². The number of rotatable bonds is 7. The Bertz CT molecular complexity index is 704. The maximum absolute atomic E-state index is 2.48. The first-order valence-electron chi connectivity index (χ1n) is 9.60. The van der Waals surface area contributed by atoms with E-state index in [0.717, 1.165) is 6.42 Å². The van der Waals surface area contributed by atoms with Crippen LogP contribution in [0.25, 0.3) is 17.2 Å². The molecule has 0 radical (unpaired) electrons. The van der Waals surface area contributed by atoms with E-state index < -0.39 is 0 Å². The minimum atomic E-state index is 0.575. The summed E-state index contributed by atoms with van der Waals surface area (Å²) >= 11 is 0. The molecule has 0 aromatic heterocycles. The summed E-state index contributed by atoms with van der Waals surface area (Å²) in [6, 6.07) is 15.7. The molecule has 0 heteroatoms. The van der Waals surface area contributed by atoms with E-state index in [-0.39, 0.29) is 0 Å². The third-order valence-electron chi connectivity index (χ3n) is 5.16. The van der Waals surface area contributed by atoms with Gasteiger partial charge in [0.15, 0.2) is 0 Å². The summed E-state index contributed by atoms with van der Waals surface area (Å²) in [7, 11) is 0. The lowest BCUT2D eigenvalue weighted by atomic mass is 9.91. The molecule has 2 aromatic rings. The lowest BCUT2D eigenvalue weighted by Crippen LogP contribution is -1.95. The van der Waals surface area contributed by atoms with Gasteiger partial charge < -0.3 is 0 Å². The molecular weight excluding hydrogens is 288 g/mol. The average Bonchev–Trinajstić information content (AvgIpc) is 3.01. The molecule has 0 aliphatic heterocycles. The fraction of sp³-hybridized carbons (Fsp3) is 0.417. The Kier molecular flexibility index (Phi) is 5.56. The van der Waals surface area contributed by atoms with Crippen LogP contribution in [-0.4, -0.2) is 0 Å².